The van der Waals surface area contributed by atoms with E-state index in [9.17, 15) is 5.11 Å². The van der Waals surface area contributed by atoms with Crippen LogP contribution in [0.1, 0.15) is 13.3 Å². The summed E-state index contributed by atoms with van der Waals surface area (Å²) in [5.41, 5.74) is 5.24. The number of aliphatic hydroxyl groups is 4. The lowest BCUT2D eigenvalue weighted by Crippen LogP contribution is -2.41. The maximum absolute atomic E-state index is 9.19. The Hall–Kier alpha value is -0.280. The molecule has 16 heavy (non-hydrogen) atoms. The molecule has 0 saturated heterocycles. The molecule has 6 N–H and O–H groups in total. The van der Waals surface area contributed by atoms with Gasteiger partial charge in [0.05, 0.1) is 19.3 Å². The number of nitrogens with two attached hydrogens (primary N) is 1. The third-order valence-corrected chi connectivity index (χ3v) is 1.90. The summed E-state index contributed by atoms with van der Waals surface area (Å²) >= 11 is 0. The highest BCUT2D eigenvalue weighted by atomic mass is 16.7. The van der Waals surface area contributed by atoms with Crippen LogP contribution in [0.4, 0.5) is 0 Å². The summed E-state index contributed by atoms with van der Waals surface area (Å²) in [6.07, 6.45) is -4.47. The Balaban J connectivity index is 4.09. The van der Waals surface area contributed by atoms with Crippen molar-refractivity contribution in [2.75, 3.05) is 19.8 Å². The van der Waals surface area contributed by atoms with Gasteiger partial charge in [-0.2, -0.15) is 0 Å². The van der Waals surface area contributed by atoms with E-state index < -0.39 is 31.4 Å². The fraction of sp³-hybridized carbons (Fsp3) is 1.00. The first-order chi connectivity index (χ1) is 7.52. The molecule has 0 aliphatic carbocycles. The zero-order valence-corrected chi connectivity index (χ0v) is 9.32. The second-order valence-electron chi connectivity index (χ2n) is 3.39. The van der Waals surface area contributed by atoms with Gasteiger partial charge in [0.2, 0.25) is 12.6 Å². The third kappa shape index (κ3) is 6.33. The van der Waals surface area contributed by atoms with E-state index in [0.717, 1.165) is 0 Å². The fourth-order valence-electron chi connectivity index (χ4n) is 0.960. The summed E-state index contributed by atoms with van der Waals surface area (Å²) in [4.78, 5) is 0. The first kappa shape index (κ1) is 15.7. The molecule has 0 aromatic rings. The van der Waals surface area contributed by atoms with E-state index >= 15 is 0 Å². The molecule has 0 heterocycles. The average molecular weight is 239 g/mol. The van der Waals surface area contributed by atoms with Gasteiger partial charge in [-0.1, -0.05) is 0 Å². The van der Waals surface area contributed by atoms with E-state index in [2.05, 4.69) is 0 Å². The van der Waals surface area contributed by atoms with Crippen LogP contribution in [-0.2, 0) is 9.47 Å². The first-order valence-corrected chi connectivity index (χ1v) is 5.15. The molecule has 98 valence electrons. The van der Waals surface area contributed by atoms with Crippen LogP contribution in [0.3, 0.4) is 0 Å². The van der Waals surface area contributed by atoms with Crippen molar-refractivity contribution >= 4 is 0 Å². The smallest absolute Gasteiger partial charge is 0.209 e. The Bertz CT molecular complexity index is 166. The van der Waals surface area contributed by atoms with Crippen molar-refractivity contribution in [1.82, 2.24) is 0 Å². The SMILES string of the molecule is CC(O)C(CO)OC(OCCCN)C(O)O. The van der Waals surface area contributed by atoms with Crippen LogP contribution in [0, 0.1) is 0 Å². The van der Waals surface area contributed by atoms with Crippen LogP contribution in [0.5, 0.6) is 0 Å². The summed E-state index contributed by atoms with van der Waals surface area (Å²) in [6.45, 7) is 1.59. The minimum Gasteiger partial charge on any atom is -0.394 e. The van der Waals surface area contributed by atoms with Gasteiger partial charge in [0.25, 0.3) is 0 Å². The van der Waals surface area contributed by atoms with Crippen LogP contribution in [0.15, 0.2) is 0 Å². The molecule has 0 radical (unpaired) electrons. The lowest BCUT2D eigenvalue weighted by molar-refractivity contribution is -0.280. The maximum atomic E-state index is 9.19. The number of rotatable bonds is 9. The van der Waals surface area contributed by atoms with E-state index in [4.69, 9.17) is 30.5 Å². The standard InChI is InChI=1S/C9H21NO6/c1-6(12)7(5-11)16-9(8(13)14)15-4-2-3-10/h6-9,11-14H,2-5,10H2,1H3. The summed E-state index contributed by atoms with van der Waals surface area (Å²) in [7, 11) is 0. The molecule has 0 aliphatic heterocycles. The highest BCUT2D eigenvalue weighted by Crippen LogP contribution is 2.08. The average Bonchev–Trinajstić information content (AvgIpc) is 2.22. The number of hydrogen-bond acceptors (Lipinski definition) is 7. The van der Waals surface area contributed by atoms with Crippen molar-refractivity contribution in [3.63, 3.8) is 0 Å². The molecule has 0 fully saturated rings. The normalized spacial score (nSPS) is 17.4. The predicted molar refractivity (Wildman–Crippen MR) is 55.3 cm³/mol. The van der Waals surface area contributed by atoms with Crippen LogP contribution in [-0.4, -0.2) is 65.0 Å². The lowest BCUT2D eigenvalue weighted by atomic mass is 10.2. The molecule has 7 nitrogen and oxygen atoms in total. The van der Waals surface area contributed by atoms with Gasteiger partial charge in [-0.15, -0.1) is 0 Å². The Morgan fingerprint density at radius 3 is 2.25 bits per heavy atom. The molecule has 0 saturated carbocycles. The Kier molecular flexibility index (Phi) is 8.67. The lowest BCUT2D eigenvalue weighted by Gasteiger charge is -2.26. The van der Waals surface area contributed by atoms with Gasteiger partial charge in [0.15, 0.2) is 0 Å². The molecular weight excluding hydrogens is 218 g/mol. The van der Waals surface area contributed by atoms with Crippen molar-refractivity contribution in [3.05, 3.63) is 0 Å². The molecule has 3 atom stereocenters. The van der Waals surface area contributed by atoms with Gasteiger partial charge in [-0.25, -0.2) is 0 Å². The van der Waals surface area contributed by atoms with Gasteiger partial charge in [0.1, 0.15) is 6.10 Å². The summed E-state index contributed by atoms with van der Waals surface area (Å²) in [6, 6.07) is 0. The molecule has 0 aromatic heterocycles. The van der Waals surface area contributed by atoms with E-state index in [-0.39, 0.29) is 6.61 Å². The number of ether oxygens (including phenoxy) is 2. The van der Waals surface area contributed by atoms with Crippen LogP contribution in [0.2, 0.25) is 0 Å². The van der Waals surface area contributed by atoms with Gasteiger partial charge in [-0.05, 0) is 19.9 Å². The highest BCUT2D eigenvalue weighted by molar-refractivity contribution is 4.64. The van der Waals surface area contributed by atoms with E-state index in [1.165, 1.54) is 6.92 Å². The second kappa shape index (κ2) is 8.82. The molecule has 0 spiro atoms. The fourth-order valence-corrected chi connectivity index (χ4v) is 0.960. The van der Waals surface area contributed by atoms with Crippen LogP contribution < -0.4 is 5.73 Å². The van der Waals surface area contributed by atoms with Crippen LogP contribution >= 0.6 is 0 Å². The van der Waals surface area contributed by atoms with Crippen molar-refractivity contribution in [2.45, 2.75) is 38.1 Å². The van der Waals surface area contributed by atoms with Gasteiger partial charge < -0.3 is 35.6 Å². The number of hydrogen-bond donors (Lipinski definition) is 5. The largest absolute Gasteiger partial charge is 0.394 e. The van der Waals surface area contributed by atoms with E-state index in [0.29, 0.717) is 13.0 Å². The zero-order chi connectivity index (χ0) is 12.6. The van der Waals surface area contributed by atoms with E-state index in [1.807, 2.05) is 0 Å². The molecule has 7 heteroatoms. The Morgan fingerprint density at radius 1 is 1.25 bits per heavy atom. The number of aliphatic hydroxyl groups excluding tert-OH is 3. The van der Waals surface area contributed by atoms with E-state index in [1.54, 1.807) is 0 Å². The Labute approximate surface area is 94.4 Å². The molecule has 0 bridgehead atoms. The molecule has 0 amide bonds. The van der Waals surface area contributed by atoms with Crippen molar-refractivity contribution in [1.29, 1.82) is 0 Å². The highest BCUT2D eigenvalue weighted by Gasteiger charge is 2.25. The monoisotopic (exact) mass is 239 g/mol. The minimum atomic E-state index is -1.84. The van der Waals surface area contributed by atoms with Gasteiger partial charge in [-0.3, -0.25) is 0 Å². The summed E-state index contributed by atoms with van der Waals surface area (Å²) < 4.78 is 10.0. The molecule has 0 aliphatic rings. The maximum Gasteiger partial charge on any atom is 0.209 e. The second-order valence-corrected chi connectivity index (χ2v) is 3.39. The van der Waals surface area contributed by atoms with Crippen molar-refractivity contribution in [3.8, 4) is 0 Å². The summed E-state index contributed by atoms with van der Waals surface area (Å²) in [5.74, 6) is 0. The quantitative estimate of drug-likeness (QED) is 0.227. The Morgan fingerprint density at radius 2 is 1.88 bits per heavy atom. The minimum absolute atomic E-state index is 0.205. The van der Waals surface area contributed by atoms with Gasteiger partial charge in [0, 0.05) is 0 Å². The van der Waals surface area contributed by atoms with Crippen molar-refractivity contribution in [2.24, 2.45) is 5.73 Å². The molecular formula is C9H21NO6. The third-order valence-electron chi connectivity index (χ3n) is 1.90. The molecule has 0 rings (SSSR count). The van der Waals surface area contributed by atoms with Gasteiger partial charge >= 0.3 is 0 Å². The first-order valence-electron chi connectivity index (χ1n) is 5.15. The predicted octanol–water partition coefficient (Wildman–Crippen LogP) is -2.25. The van der Waals surface area contributed by atoms with Crippen molar-refractivity contribution < 1.29 is 29.9 Å². The molecule has 3 unspecified atom stereocenters. The molecule has 0 aromatic carbocycles. The van der Waals surface area contributed by atoms with Crippen LogP contribution in [0.25, 0.3) is 0 Å². The summed E-state index contributed by atoms with van der Waals surface area (Å²) in [5, 5.41) is 36.0. The topological polar surface area (TPSA) is 125 Å². The zero-order valence-electron chi connectivity index (χ0n) is 9.32.